The van der Waals surface area contributed by atoms with Gasteiger partial charge >= 0.3 is 0 Å². The highest BCUT2D eigenvalue weighted by Gasteiger charge is 2.35. The van der Waals surface area contributed by atoms with Crippen molar-refractivity contribution in [1.29, 1.82) is 0 Å². The highest BCUT2D eigenvalue weighted by molar-refractivity contribution is 5.94. The van der Waals surface area contributed by atoms with E-state index in [0.717, 1.165) is 57.3 Å². The van der Waals surface area contributed by atoms with Crippen LogP contribution in [0.25, 0.3) is 0 Å². The summed E-state index contributed by atoms with van der Waals surface area (Å²) in [6, 6.07) is 0. The molecule has 0 spiro atoms. The number of rotatable bonds is 7. The second-order valence-corrected chi connectivity index (χ2v) is 8.00. The second-order valence-electron chi connectivity index (χ2n) is 8.00. The van der Waals surface area contributed by atoms with Crippen molar-refractivity contribution in [3.05, 3.63) is 11.8 Å². The van der Waals surface area contributed by atoms with Crippen LogP contribution in [0.3, 0.4) is 0 Å². The van der Waals surface area contributed by atoms with E-state index in [0.29, 0.717) is 0 Å². The van der Waals surface area contributed by atoms with Crippen LogP contribution in [0.4, 0.5) is 0 Å². The first-order chi connectivity index (χ1) is 10.2. The number of unbranched alkanes of at least 4 members (excludes halogenated alkanes) is 3. The fraction of sp³-hybridized carbons (Fsp3) is 0.833. The van der Waals surface area contributed by atoms with Gasteiger partial charge in [-0.15, -0.1) is 0 Å². The Morgan fingerprint density at radius 3 is 2.50 bits per heavy atom. The van der Waals surface area contributed by atoms with Gasteiger partial charge in [0.05, 0.1) is 0 Å². The number of hydrogen-bond donors (Lipinski definition) is 2. The van der Waals surface area contributed by atoms with Gasteiger partial charge in [0, 0.05) is 30.4 Å². The van der Waals surface area contributed by atoms with Crippen LogP contribution in [0.5, 0.6) is 0 Å². The van der Waals surface area contributed by atoms with E-state index in [1.165, 1.54) is 0 Å². The molecule has 0 unspecified atom stereocenters. The zero-order valence-corrected chi connectivity index (χ0v) is 15.2. The Hall–Kier alpha value is -1.03. The van der Waals surface area contributed by atoms with E-state index in [2.05, 4.69) is 51.0 Å². The van der Waals surface area contributed by atoms with Crippen LogP contribution in [-0.4, -0.2) is 36.0 Å². The molecule has 0 radical (unpaired) electrons. The lowest BCUT2D eigenvalue weighted by Crippen LogP contribution is -2.45. The molecular weight excluding hydrogens is 274 g/mol. The SMILES string of the molecule is CC1(C)CCN(C(C)(C)C)C=C1C(=O)NCCCCCCN. The first kappa shape index (κ1) is 19.0. The van der Waals surface area contributed by atoms with Crippen molar-refractivity contribution in [3.8, 4) is 0 Å². The van der Waals surface area contributed by atoms with Crippen molar-refractivity contribution in [2.75, 3.05) is 19.6 Å². The van der Waals surface area contributed by atoms with Crippen LogP contribution in [0.2, 0.25) is 0 Å². The fourth-order valence-corrected chi connectivity index (χ4v) is 2.74. The summed E-state index contributed by atoms with van der Waals surface area (Å²) < 4.78 is 0. The Kier molecular flexibility index (Phi) is 6.92. The molecule has 0 aliphatic carbocycles. The predicted molar refractivity (Wildman–Crippen MR) is 93.5 cm³/mol. The molecule has 0 atom stereocenters. The van der Waals surface area contributed by atoms with Gasteiger partial charge in [0.15, 0.2) is 0 Å². The van der Waals surface area contributed by atoms with E-state index < -0.39 is 0 Å². The molecule has 1 heterocycles. The summed E-state index contributed by atoms with van der Waals surface area (Å²) in [7, 11) is 0. The van der Waals surface area contributed by atoms with Crippen LogP contribution in [-0.2, 0) is 4.79 Å². The van der Waals surface area contributed by atoms with Gasteiger partial charge < -0.3 is 16.0 Å². The Morgan fingerprint density at radius 1 is 1.27 bits per heavy atom. The largest absolute Gasteiger partial charge is 0.372 e. The monoisotopic (exact) mass is 309 g/mol. The molecule has 22 heavy (non-hydrogen) atoms. The molecule has 0 saturated carbocycles. The van der Waals surface area contributed by atoms with Gasteiger partial charge in [0.1, 0.15) is 0 Å². The quantitative estimate of drug-likeness (QED) is 0.711. The molecule has 0 saturated heterocycles. The number of nitrogens with one attached hydrogen (secondary N) is 1. The molecule has 1 aliphatic heterocycles. The summed E-state index contributed by atoms with van der Waals surface area (Å²) in [5, 5.41) is 3.09. The Balaban J connectivity index is 2.58. The number of nitrogens with two attached hydrogens (primary N) is 1. The third-order valence-electron chi connectivity index (χ3n) is 4.51. The van der Waals surface area contributed by atoms with Crippen LogP contribution >= 0.6 is 0 Å². The fourth-order valence-electron chi connectivity index (χ4n) is 2.74. The van der Waals surface area contributed by atoms with Crippen LogP contribution < -0.4 is 11.1 Å². The molecule has 4 nitrogen and oxygen atoms in total. The number of hydrogen-bond acceptors (Lipinski definition) is 3. The van der Waals surface area contributed by atoms with Crippen molar-refractivity contribution in [2.24, 2.45) is 11.1 Å². The summed E-state index contributed by atoms with van der Waals surface area (Å²) >= 11 is 0. The van der Waals surface area contributed by atoms with Crippen LogP contribution in [0.15, 0.2) is 11.8 Å². The molecule has 128 valence electrons. The molecule has 0 aromatic rings. The standard InChI is InChI=1S/C18H35N3O/c1-17(2,3)21-13-10-18(4,5)15(14-21)16(22)20-12-9-7-6-8-11-19/h14H,6-13,19H2,1-5H3,(H,20,22). The van der Waals surface area contributed by atoms with Gasteiger partial charge in [-0.1, -0.05) is 26.7 Å². The third-order valence-corrected chi connectivity index (χ3v) is 4.51. The van der Waals surface area contributed by atoms with E-state index >= 15 is 0 Å². The number of nitrogens with zero attached hydrogens (tertiary/aromatic N) is 1. The third kappa shape index (κ3) is 5.64. The Labute approximate surface area is 136 Å². The average Bonchev–Trinajstić information content (AvgIpc) is 2.40. The van der Waals surface area contributed by atoms with E-state index in [1.807, 2.05) is 0 Å². The molecule has 0 aromatic carbocycles. The summed E-state index contributed by atoms with van der Waals surface area (Å²) in [5.41, 5.74) is 6.41. The second kappa shape index (κ2) is 8.00. The van der Waals surface area contributed by atoms with E-state index in [9.17, 15) is 4.79 Å². The minimum absolute atomic E-state index is 0.0502. The molecule has 1 aliphatic rings. The molecule has 1 amide bonds. The maximum absolute atomic E-state index is 12.5. The van der Waals surface area contributed by atoms with E-state index in [-0.39, 0.29) is 16.9 Å². The highest BCUT2D eigenvalue weighted by atomic mass is 16.1. The van der Waals surface area contributed by atoms with E-state index in [4.69, 9.17) is 5.73 Å². The zero-order chi connectivity index (χ0) is 16.8. The normalized spacial score (nSPS) is 18.1. The summed E-state index contributed by atoms with van der Waals surface area (Å²) in [4.78, 5) is 14.8. The van der Waals surface area contributed by atoms with E-state index in [1.54, 1.807) is 0 Å². The van der Waals surface area contributed by atoms with Gasteiger partial charge in [-0.25, -0.2) is 0 Å². The number of carbonyl (C=O) groups is 1. The lowest BCUT2D eigenvalue weighted by atomic mass is 9.78. The molecule has 1 rings (SSSR count). The maximum Gasteiger partial charge on any atom is 0.249 e. The van der Waals surface area contributed by atoms with Gasteiger partial charge in [-0.05, 0) is 52.0 Å². The summed E-state index contributed by atoms with van der Waals surface area (Å²) in [6.07, 6.45) is 7.48. The van der Waals surface area contributed by atoms with Gasteiger partial charge in [-0.3, -0.25) is 4.79 Å². The first-order valence-corrected chi connectivity index (χ1v) is 8.66. The zero-order valence-electron chi connectivity index (χ0n) is 15.2. The highest BCUT2D eigenvalue weighted by Crippen LogP contribution is 2.36. The minimum atomic E-state index is -0.0502. The summed E-state index contributed by atoms with van der Waals surface area (Å²) in [5.74, 6) is 0.0952. The lowest BCUT2D eigenvalue weighted by Gasteiger charge is -2.43. The first-order valence-electron chi connectivity index (χ1n) is 8.66. The van der Waals surface area contributed by atoms with Crippen LogP contribution in [0.1, 0.15) is 66.7 Å². The smallest absolute Gasteiger partial charge is 0.249 e. The molecule has 4 heteroatoms. The molecule has 0 fully saturated rings. The van der Waals surface area contributed by atoms with Crippen molar-refractivity contribution in [3.63, 3.8) is 0 Å². The van der Waals surface area contributed by atoms with Crippen molar-refractivity contribution < 1.29 is 4.79 Å². The molecule has 0 aromatic heterocycles. The van der Waals surface area contributed by atoms with Crippen molar-refractivity contribution >= 4 is 5.91 Å². The average molecular weight is 309 g/mol. The van der Waals surface area contributed by atoms with Crippen LogP contribution in [0, 0.1) is 5.41 Å². The lowest BCUT2D eigenvalue weighted by molar-refractivity contribution is -0.118. The Morgan fingerprint density at radius 2 is 1.91 bits per heavy atom. The predicted octanol–water partition coefficient (Wildman–Crippen LogP) is 3.04. The van der Waals surface area contributed by atoms with Gasteiger partial charge in [0.25, 0.3) is 0 Å². The topological polar surface area (TPSA) is 58.4 Å². The summed E-state index contributed by atoms with van der Waals surface area (Å²) in [6.45, 7) is 13.4. The van der Waals surface area contributed by atoms with Crippen molar-refractivity contribution in [2.45, 2.75) is 72.3 Å². The molecule has 3 N–H and O–H groups in total. The molecule has 0 bridgehead atoms. The van der Waals surface area contributed by atoms with Crippen molar-refractivity contribution in [1.82, 2.24) is 10.2 Å². The minimum Gasteiger partial charge on any atom is -0.372 e. The number of amides is 1. The number of carbonyl (C=O) groups excluding carboxylic acids is 1. The van der Waals surface area contributed by atoms with Gasteiger partial charge in [0.2, 0.25) is 5.91 Å². The van der Waals surface area contributed by atoms with Gasteiger partial charge in [-0.2, -0.15) is 0 Å². The maximum atomic E-state index is 12.5. The Bertz CT molecular complexity index is 394. The molecular formula is C18H35N3O.